The maximum atomic E-state index is 11.0. The molecule has 52 valence electrons. The molecule has 1 aromatic heterocycles. The lowest BCUT2D eigenvalue weighted by Gasteiger charge is -2.12. The highest BCUT2D eigenvalue weighted by molar-refractivity contribution is 5.33. The molecule has 1 aliphatic rings. The molecule has 2 heterocycles. The van der Waals surface area contributed by atoms with Crippen LogP contribution < -0.4 is 5.06 Å². The molecule has 1 atom stereocenters. The normalized spacial score (nSPS) is 22.7. The van der Waals surface area contributed by atoms with Crippen molar-refractivity contribution in [1.29, 1.82) is 0 Å². The molecule has 0 fully saturated rings. The average Bonchev–Trinajstić information content (AvgIpc) is 2.34. The molecule has 1 aromatic rings. The minimum atomic E-state index is 0.190. The third kappa shape index (κ3) is 0.716. The molecule has 0 saturated carbocycles. The molecule has 0 saturated heterocycles. The monoisotopic (exact) mass is 136 g/mol. The fourth-order valence-electron chi connectivity index (χ4n) is 1.26. The van der Waals surface area contributed by atoms with E-state index >= 15 is 0 Å². The number of hydroxylamine groups is 1. The Morgan fingerprint density at radius 1 is 1.60 bits per heavy atom. The lowest BCUT2D eigenvalue weighted by Crippen LogP contribution is -3.00. The van der Waals surface area contributed by atoms with Crippen LogP contribution in [-0.4, -0.2) is 11.5 Å². The van der Waals surface area contributed by atoms with E-state index in [-0.39, 0.29) is 5.06 Å². The Kier molecular flexibility index (Phi) is 1.19. The second kappa shape index (κ2) is 2.04. The van der Waals surface area contributed by atoms with Crippen LogP contribution in [0.5, 0.6) is 0 Å². The highest BCUT2D eigenvalue weighted by atomic mass is 16.5. The van der Waals surface area contributed by atoms with Gasteiger partial charge in [0, 0.05) is 18.2 Å². The van der Waals surface area contributed by atoms with Gasteiger partial charge in [-0.2, -0.15) is 0 Å². The largest absolute Gasteiger partial charge is 0.628 e. The topological polar surface area (TPSA) is 40.4 Å². The summed E-state index contributed by atoms with van der Waals surface area (Å²) in [5.74, 6) is 0.683. The van der Waals surface area contributed by atoms with Crippen LogP contribution >= 0.6 is 0 Å². The highest BCUT2D eigenvalue weighted by Gasteiger charge is 2.18. The molecule has 1 N–H and O–H groups in total. The quantitative estimate of drug-likeness (QED) is 0.495. The van der Waals surface area contributed by atoms with Gasteiger partial charge in [0.1, 0.15) is 0 Å². The van der Waals surface area contributed by atoms with E-state index in [2.05, 4.69) is 4.98 Å². The summed E-state index contributed by atoms with van der Waals surface area (Å²) < 4.78 is 0. The molecule has 10 heavy (non-hydrogen) atoms. The summed E-state index contributed by atoms with van der Waals surface area (Å²) in [4.78, 5) is 3.99. The standard InChI is InChI=1S/C7H8N2O/c10-9-5-3-6-2-1-4-8-7(6)9/h1-2,4,9H,3,5H2. The maximum absolute atomic E-state index is 11.0. The maximum Gasteiger partial charge on any atom is 0.229 e. The van der Waals surface area contributed by atoms with E-state index < -0.39 is 0 Å². The van der Waals surface area contributed by atoms with Gasteiger partial charge in [0.15, 0.2) is 0 Å². The Labute approximate surface area is 58.9 Å². The van der Waals surface area contributed by atoms with Crippen LogP contribution in [0.2, 0.25) is 0 Å². The predicted molar refractivity (Wildman–Crippen MR) is 36.8 cm³/mol. The predicted octanol–water partition coefficient (Wildman–Crippen LogP) is -0.348. The van der Waals surface area contributed by atoms with Crippen LogP contribution in [0.25, 0.3) is 0 Å². The van der Waals surface area contributed by atoms with Crippen LogP contribution in [0, 0.1) is 5.21 Å². The zero-order valence-corrected chi connectivity index (χ0v) is 5.50. The number of nitrogens with zero attached hydrogens (tertiary/aromatic N) is 1. The van der Waals surface area contributed by atoms with Gasteiger partial charge in [-0.05, 0) is 12.1 Å². The average molecular weight is 136 g/mol. The molecule has 3 heteroatoms. The van der Waals surface area contributed by atoms with E-state index in [1.807, 2.05) is 12.1 Å². The van der Waals surface area contributed by atoms with Gasteiger partial charge in [0.25, 0.3) is 0 Å². The highest BCUT2D eigenvalue weighted by Crippen LogP contribution is 2.10. The van der Waals surface area contributed by atoms with Crippen molar-refractivity contribution in [2.24, 2.45) is 0 Å². The number of quaternary nitrogens is 1. The summed E-state index contributed by atoms with van der Waals surface area (Å²) in [5, 5.41) is 11.2. The van der Waals surface area contributed by atoms with E-state index in [9.17, 15) is 5.21 Å². The number of aromatic nitrogens is 1. The molecule has 0 spiro atoms. The van der Waals surface area contributed by atoms with Gasteiger partial charge in [-0.1, -0.05) is 0 Å². The molecule has 0 bridgehead atoms. The summed E-state index contributed by atoms with van der Waals surface area (Å²) in [6.07, 6.45) is 2.55. The van der Waals surface area contributed by atoms with Gasteiger partial charge in [-0.3, -0.25) is 0 Å². The summed E-state index contributed by atoms with van der Waals surface area (Å²) >= 11 is 0. The Hall–Kier alpha value is -0.930. The van der Waals surface area contributed by atoms with E-state index in [4.69, 9.17) is 0 Å². The van der Waals surface area contributed by atoms with Gasteiger partial charge in [0.05, 0.1) is 6.54 Å². The van der Waals surface area contributed by atoms with Crippen molar-refractivity contribution in [1.82, 2.24) is 4.98 Å². The molecule has 2 rings (SSSR count). The smallest absolute Gasteiger partial charge is 0.229 e. The molecular weight excluding hydrogens is 128 g/mol. The summed E-state index contributed by atoms with van der Waals surface area (Å²) in [6.45, 7) is 0.645. The van der Waals surface area contributed by atoms with Crippen molar-refractivity contribution in [3.8, 4) is 0 Å². The molecule has 0 aromatic carbocycles. The van der Waals surface area contributed by atoms with Crippen molar-refractivity contribution in [3.63, 3.8) is 0 Å². The second-order valence-corrected chi connectivity index (χ2v) is 2.43. The minimum absolute atomic E-state index is 0.190. The Balaban J connectivity index is 2.51. The first-order valence-corrected chi connectivity index (χ1v) is 3.35. The fraction of sp³-hybridized carbons (Fsp3) is 0.286. The number of nitrogens with one attached hydrogen (secondary N) is 1. The number of pyridine rings is 1. The zero-order chi connectivity index (χ0) is 6.97. The van der Waals surface area contributed by atoms with Gasteiger partial charge < -0.3 is 10.3 Å². The van der Waals surface area contributed by atoms with Crippen LogP contribution in [0.15, 0.2) is 18.3 Å². The van der Waals surface area contributed by atoms with Gasteiger partial charge >= 0.3 is 0 Å². The number of fused-ring (bicyclic) bond motifs is 1. The van der Waals surface area contributed by atoms with Crippen LogP contribution in [0.4, 0.5) is 5.82 Å². The van der Waals surface area contributed by atoms with E-state index in [1.54, 1.807) is 6.20 Å². The molecular formula is C7H8N2O. The molecule has 0 radical (unpaired) electrons. The van der Waals surface area contributed by atoms with Crippen molar-refractivity contribution in [2.45, 2.75) is 6.42 Å². The molecule has 0 aliphatic carbocycles. The van der Waals surface area contributed by atoms with Gasteiger partial charge in [0.2, 0.25) is 5.82 Å². The summed E-state index contributed by atoms with van der Waals surface area (Å²) in [6, 6.07) is 3.84. The number of hydrogen-bond donors (Lipinski definition) is 1. The first-order valence-electron chi connectivity index (χ1n) is 3.35. The molecule has 1 unspecified atom stereocenters. The van der Waals surface area contributed by atoms with Crippen LogP contribution in [0.3, 0.4) is 0 Å². The van der Waals surface area contributed by atoms with E-state index in [0.717, 1.165) is 12.0 Å². The molecule has 0 amide bonds. The lowest BCUT2D eigenvalue weighted by molar-refractivity contribution is -0.771. The van der Waals surface area contributed by atoms with E-state index in [0.29, 0.717) is 12.4 Å². The summed E-state index contributed by atoms with van der Waals surface area (Å²) in [7, 11) is 0. The van der Waals surface area contributed by atoms with E-state index in [1.165, 1.54) is 0 Å². The number of hydrogen-bond acceptors (Lipinski definition) is 2. The first-order chi connectivity index (χ1) is 4.88. The lowest BCUT2D eigenvalue weighted by atomic mass is 10.2. The summed E-state index contributed by atoms with van der Waals surface area (Å²) in [5.41, 5.74) is 1.10. The van der Waals surface area contributed by atoms with Gasteiger partial charge in [-0.15, -0.1) is 0 Å². The Bertz CT molecular complexity index is 249. The van der Waals surface area contributed by atoms with Crippen molar-refractivity contribution < 1.29 is 5.06 Å². The minimum Gasteiger partial charge on any atom is -0.628 e. The second-order valence-electron chi connectivity index (χ2n) is 2.43. The van der Waals surface area contributed by atoms with Gasteiger partial charge in [-0.25, -0.2) is 4.98 Å². The van der Waals surface area contributed by atoms with Crippen molar-refractivity contribution in [2.75, 3.05) is 6.54 Å². The van der Waals surface area contributed by atoms with Crippen molar-refractivity contribution in [3.05, 3.63) is 29.1 Å². The SMILES string of the molecule is [O-][NH+]1CCc2cccnc21. The van der Waals surface area contributed by atoms with Crippen LogP contribution in [0.1, 0.15) is 5.56 Å². The molecule has 1 aliphatic heterocycles. The Morgan fingerprint density at radius 3 is 3.30 bits per heavy atom. The fourth-order valence-corrected chi connectivity index (χ4v) is 1.26. The zero-order valence-electron chi connectivity index (χ0n) is 5.50. The first kappa shape index (κ1) is 5.82. The third-order valence-corrected chi connectivity index (χ3v) is 1.78. The number of rotatable bonds is 0. The third-order valence-electron chi connectivity index (χ3n) is 1.78. The van der Waals surface area contributed by atoms with Crippen molar-refractivity contribution >= 4 is 5.82 Å². The van der Waals surface area contributed by atoms with Crippen LogP contribution in [-0.2, 0) is 6.42 Å². The molecule has 3 nitrogen and oxygen atoms in total. The Morgan fingerprint density at radius 2 is 2.50 bits per heavy atom.